The van der Waals surface area contributed by atoms with Crippen molar-refractivity contribution in [1.29, 1.82) is 0 Å². The molecule has 0 bridgehead atoms. The molecular weight excluding hydrogens is 865 g/mol. The first-order valence-electron chi connectivity index (χ1n) is 25.2. The molecule has 9 rings (SSSR count). The van der Waals surface area contributed by atoms with Crippen molar-refractivity contribution >= 4 is 57.7 Å². The van der Waals surface area contributed by atoms with E-state index in [1.807, 2.05) is 0 Å². The SMILES string of the molecule is CC[Si]1(CC)C=C(c2ccccc2)C(c2ccccc2)=C1C#CC1=C(c2ccccc2)C(c2ccccc2)=C(C#CC2=C(c3ccccc3)C(c3ccccc3)=C(C)[Si]2(CC)CC)[Si]1(CC)CC. The molecular formula is C65H64Si3. The normalized spacial score (nSPS) is 17.0. The van der Waals surface area contributed by atoms with Gasteiger partial charge in [-0.25, -0.2) is 0 Å². The monoisotopic (exact) mass is 928 g/mol. The van der Waals surface area contributed by atoms with Gasteiger partial charge in [-0.15, -0.1) is 0 Å². The van der Waals surface area contributed by atoms with Crippen LogP contribution in [0.25, 0.3) is 33.4 Å². The van der Waals surface area contributed by atoms with E-state index in [-0.39, 0.29) is 0 Å². The van der Waals surface area contributed by atoms with Crippen molar-refractivity contribution in [3.05, 3.63) is 247 Å². The average Bonchev–Trinajstić information content (AvgIpc) is 3.99. The Morgan fingerprint density at radius 1 is 0.294 bits per heavy atom. The molecule has 0 nitrogen and oxygen atoms in total. The van der Waals surface area contributed by atoms with E-state index in [2.05, 4.69) is 260 Å². The van der Waals surface area contributed by atoms with Gasteiger partial charge in [0.05, 0.1) is 0 Å². The van der Waals surface area contributed by atoms with Crippen LogP contribution >= 0.6 is 0 Å². The molecule has 0 saturated heterocycles. The summed E-state index contributed by atoms with van der Waals surface area (Å²) in [5.41, 5.74) is 18.2. The van der Waals surface area contributed by atoms with Crippen molar-refractivity contribution < 1.29 is 0 Å². The Balaban J connectivity index is 1.36. The fourth-order valence-corrected chi connectivity index (χ4v) is 24.3. The summed E-state index contributed by atoms with van der Waals surface area (Å²) in [5.74, 6) is 16.9. The lowest BCUT2D eigenvalue weighted by atomic mass is 9.91. The van der Waals surface area contributed by atoms with Crippen LogP contribution in [0.2, 0.25) is 36.3 Å². The van der Waals surface area contributed by atoms with Crippen LogP contribution in [0.1, 0.15) is 81.8 Å². The maximum absolute atomic E-state index is 4.26. The van der Waals surface area contributed by atoms with Gasteiger partial charge in [0, 0.05) is 20.8 Å². The Kier molecular flexibility index (Phi) is 13.7. The predicted octanol–water partition coefficient (Wildman–Crippen LogP) is 17.1. The van der Waals surface area contributed by atoms with Gasteiger partial charge in [-0.2, -0.15) is 0 Å². The number of rotatable bonds is 12. The average molecular weight is 929 g/mol. The molecule has 336 valence electrons. The highest BCUT2D eigenvalue weighted by molar-refractivity contribution is 6.99. The van der Waals surface area contributed by atoms with Gasteiger partial charge in [0.2, 0.25) is 0 Å². The molecule has 0 aromatic heterocycles. The van der Waals surface area contributed by atoms with E-state index in [1.54, 1.807) is 5.20 Å². The zero-order valence-electron chi connectivity index (χ0n) is 41.1. The molecule has 3 heterocycles. The van der Waals surface area contributed by atoms with E-state index in [4.69, 9.17) is 0 Å². The summed E-state index contributed by atoms with van der Waals surface area (Å²) in [5, 5.41) is 7.03. The molecule has 0 saturated carbocycles. The van der Waals surface area contributed by atoms with Crippen LogP contribution < -0.4 is 0 Å². The minimum Gasteiger partial charge on any atom is -0.0807 e. The Bertz CT molecular complexity index is 3130. The second-order valence-electron chi connectivity index (χ2n) is 18.7. The van der Waals surface area contributed by atoms with Gasteiger partial charge in [0.1, 0.15) is 24.2 Å². The van der Waals surface area contributed by atoms with E-state index < -0.39 is 24.2 Å². The Hall–Kier alpha value is -6.47. The third kappa shape index (κ3) is 7.91. The van der Waals surface area contributed by atoms with Crippen LogP contribution in [0.5, 0.6) is 0 Å². The molecule has 0 aliphatic carbocycles. The van der Waals surface area contributed by atoms with Crippen LogP contribution in [0.4, 0.5) is 0 Å². The second-order valence-corrected chi connectivity index (χ2v) is 32.6. The summed E-state index contributed by atoms with van der Waals surface area (Å²) in [6.07, 6.45) is 0. The summed E-state index contributed by atoms with van der Waals surface area (Å²) in [6, 6.07) is 73.3. The number of hydrogen-bond acceptors (Lipinski definition) is 0. The predicted molar refractivity (Wildman–Crippen MR) is 303 cm³/mol. The summed E-state index contributed by atoms with van der Waals surface area (Å²) < 4.78 is 0. The maximum atomic E-state index is 4.26. The summed E-state index contributed by atoms with van der Waals surface area (Å²) in [7, 11) is -7.06. The van der Waals surface area contributed by atoms with Gasteiger partial charge in [-0.1, -0.05) is 294 Å². The Labute approximate surface area is 410 Å². The summed E-state index contributed by atoms with van der Waals surface area (Å²) >= 11 is 0. The van der Waals surface area contributed by atoms with Crippen molar-refractivity contribution in [2.45, 2.75) is 84.7 Å². The van der Waals surface area contributed by atoms with Gasteiger partial charge < -0.3 is 0 Å². The smallest absolute Gasteiger partial charge is 0.0807 e. The molecule has 0 spiro atoms. The molecule has 3 aliphatic heterocycles. The molecule has 0 amide bonds. The number of allylic oxidation sites excluding steroid dienone is 11. The lowest BCUT2D eigenvalue weighted by Crippen LogP contribution is -2.37. The second kappa shape index (κ2) is 20.0. The highest BCUT2D eigenvalue weighted by Crippen LogP contribution is 2.54. The van der Waals surface area contributed by atoms with Crippen LogP contribution in [0, 0.1) is 23.7 Å². The van der Waals surface area contributed by atoms with Gasteiger partial charge in [0.15, 0.2) is 0 Å². The zero-order valence-corrected chi connectivity index (χ0v) is 44.1. The van der Waals surface area contributed by atoms with Crippen LogP contribution in [-0.4, -0.2) is 24.2 Å². The largest absolute Gasteiger partial charge is 0.140 e. The van der Waals surface area contributed by atoms with E-state index in [9.17, 15) is 0 Å². The maximum Gasteiger partial charge on any atom is 0.140 e. The highest BCUT2D eigenvalue weighted by atomic mass is 28.3. The topological polar surface area (TPSA) is 0 Å². The van der Waals surface area contributed by atoms with Crippen molar-refractivity contribution in [3.8, 4) is 23.7 Å². The molecule has 6 aromatic rings. The standard InChI is InChI=1S/C65H64Si3/c1-8-66(9-2)48-56(50-32-20-14-21-33-50)62(52-36-24-16-25-37-52)57(66)44-45-59-64(54-40-28-18-29-41-54)65(55-42-30-19-31-43-55)60(68(59,12-5)13-6)47-46-58-63(53-38-26-17-27-39-53)61(51-34-22-15-23-35-51)49(7)67(58,10-3)11-4/h14-43,48H,8-13H2,1-7H3. The third-order valence-electron chi connectivity index (χ3n) is 15.9. The Morgan fingerprint density at radius 2 is 0.574 bits per heavy atom. The molecule has 6 aromatic carbocycles. The fraction of sp³-hybridized carbons (Fsp3) is 0.200. The first kappa shape index (κ1) is 46.6. The fourth-order valence-electron chi connectivity index (χ4n) is 11.9. The molecule has 68 heavy (non-hydrogen) atoms. The van der Waals surface area contributed by atoms with Gasteiger partial charge in [-0.05, 0) is 73.7 Å². The molecule has 0 unspecified atom stereocenters. The van der Waals surface area contributed by atoms with E-state index in [0.29, 0.717) is 0 Å². The van der Waals surface area contributed by atoms with Gasteiger partial charge >= 0.3 is 0 Å². The van der Waals surface area contributed by atoms with Gasteiger partial charge in [-0.3, -0.25) is 0 Å². The molecule has 3 aliphatic rings. The van der Waals surface area contributed by atoms with E-state index in [0.717, 1.165) is 36.3 Å². The van der Waals surface area contributed by atoms with Crippen LogP contribution in [0.3, 0.4) is 0 Å². The molecule has 0 atom stereocenters. The minimum absolute atomic E-state index is 1.02. The number of benzene rings is 6. The van der Waals surface area contributed by atoms with Crippen LogP contribution in [-0.2, 0) is 0 Å². The first-order valence-corrected chi connectivity index (χ1v) is 32.5. The molecule has 3 heteroatoms. The molecule has 0 fully saturated rings. The highest BCUT2D eigenvalue weighted by Gasteiger charge is 2.49. The van der Waals surface area contributed by atoms with Crippen molar-refractivity contribution in [2.24, 2.45) is 0 Å². The lowest BCUT2D eigenvalue weighted by molar-refractivity contribution is 1.26. The third-order valence-corrected chi connectivity index (χ3v) is 31.2. The quantitative estimate of drug-likeness (QED) is 0.0847. The Morgan fingerprint density at radius 3 is 0.912 bits per heavy atom. The van der Waals surface area contributed by atoms with Crippen LogP contribution in [0.15, 0.2) is 214 Å². The molecule has 0 N–H and O–H groups in total. The van der Waals surface area contributed by atoms with Gasteiger partial charge in [0.25, 0.3) is 0 Å². The lowest BCUT2D eigenvalue weighted by Gasteiger charge is -2.29. The summed E-state index contributed by atoms with van der Waals surface area (Å²) in [6.45, 7) is 17.0. The van der Waals surface area contributed by atoms with E-state index in [1.165, 1.54) is 87.6 Å². The van der Waals surface area contributed by atoms with Crippen molar-refractivity contribution in [1.82, 2.24) is 0 Å². The molecule has 0 radical (unpaired) electrons. The van der Waals surface area contributed by atoms with Crippen molar-refractivity contribution in [2.75, 3.05) is 0 Å². The van der Waals surface area contributed by atoms with E-state index >= 15 is 0 Å². The minimum atomic E-state index is -2.62. The zero-order chi connectivity index (χ0) is 47.3. The van der Waals surface area contributed by atoms with Crippen molar-refractivity contribution in [3.63, 3.8) is 0 Å². The summed E-state index contributed by atoms with van der Waals surface area (Å²) in [4.78, 5) is 0. The number of hydrogen-bond donors (Lipinski definition) is 0. The first-order chi connectivity index (χ1) is 33.3.